The van der Waals surface area contributed by atoms with Crippen molar-refractivity contribution in [2.75, 3.05) is 6.61 Å². The molecule has 0 fully saturated rings. The highest BCUT2D eigenvalue weighted by molar-refractivity contribution is 9.10. The molecular weight excluding hydrogens is 386 g/mol. The first-order valence-electron chi connectivity index (χ1n) is 7.49. The first kappa shape index (κ1) is 18.5. The van der Waals surface area contributed by atoms with Crippen molar-refractivity contribution in [1.29, 1.82) is 5.26 Å². The van der Waals surface area contributed by atoms with Crippen molar-refractivity contribution < 1.29 is 14.6 Å². The van der Waals surface area contributed by atoms with Crippen LogP contribution in [0.25, 0.3) is 6.08 Å². The van der Waals surface area contributed by atoms with Gasteiger partial charge in [-0.05, 0) is 42.3 Å². The Morgan fingerprint density at radius 2 is 2.32 bits per heavy atom. The van der Waals surface area contributed by atoms with Crippen LogP contribution in [0.4, 0.5) is 0 Å². The molecule has 1 aromatic heterocycles. The van der Waals surface area contributed by atoms with E-state index in [0.717, 1.165) is 5.56 Å². The van der Waals surface area contributed by atoms with Crippen molar-refractivity contribution in [3.05, 3.63) is 57.8 Å². The lowest BCUT2D eigenvalue weighted by atomic mass is 10.1. The van der Waals surface area contributed by atoms with Gasteiger partial charge in [0.15, 0.2) is 11.5 Å². The number of ether oxygens (including phenoxy) is 1. The molecule has 0 aliphatic rings. The zero-order valence-electron chi connectivity index (χ0n) is 13.5. The second-order valence-electron chi connectivity index (χ2n) is 4.99. The first-order valence-corrected chi connectivity index (χ1v) is 8.28. The maximum atomic E-state index is 12.2. The van der Waals surface area contributed by atoms with Gasteiger partial charge in [0.05, 0.1) is 6.61 Å². The molecule has 0 unspecified atom stereocenters. The Bertz CT molecular complexity index is 829. The van der Waals surface area contributed by atoms with Gasteiger partial charge < -0.3 is 15.2 Å². The number of aromatic hydroxyl groups is 1. The van der Waals surface area contributed by atoms with E-state index in [1.54, 1.807) is 31.5 Å². The van der Waals surface area contributed by atoms with Crippen molar-refractivity contribution in [1.82, 2.24) is 10.3 Å². The van der Waals surface area contributed by atoms with E-state index in [0.29, 0.717) is 16.6 Å². The smallest absolute Gasteiger partial charge is 0.262 e. The Hall–Kier alpha value is -2.85. The van der Waals surface area contributed by atoms with Crippen LogP contribution < -0.4 is 10.1 Å². The number of hydrogen-bond acceptors (Lipinski definition) is 5. The average molecular weight is 402 g/mol. The standard InChI is InChI=1S/C18H16BrN3O3/c1-2-25-17-7-13(15(19)8-16(17)23)6-14(9-20)18(24)22-11-12-4-3-5-21-10-12/h3-8,10,23H,2,11H2,1H3,(H,22,24)/b14-6+. The number of hydrogen-bond donors (Lipinski definition) is 2. The molecule has 0 aliphatic heterocycles. The fourth-order valence-electron chi connectivity index (χ4n) is 2.02. The lowest BCUT2D eigenvalue weighted by molar-refractivity contribution is -0.117. The average Bonchev–Trinajstić information content (AvgIpc) is 2.62. The van der Waals surface area contributed by atoms with Gasteiger partial charge in [-0.2, -0.15) is 5.26 Å². The van der Waals surface area contributed by atoms with Gasteiger partial charge in [-0.1, -0.05) is 22.0 Å². The Labute approximate surface area is 153 Å². The molecule has 6 nitrogen and oxygen atoms in total. The van der Waals surface area contributed by atoms with Gasteiger partial charge in [-0.15, -0.1) is 0 Å². The molecule has 2 aromatic rings. The predicted molar refractivity (Wildman–Crippen MR) is 96.6 cm³/mol. The van der Waals surface area contributed by atoms with E-state index in [1.165, 1.54) is 12.1 Å². The summed E-state index contributed by atoms with van der Waals surface area (Å²) in [7, 11) is 0. The maximum absolute atomic E-state index is 12.2. The minimum absolute atomic E-state index is 0.0228. The number of halogens is 1. The highest BCUT2D eigenvalue weighted by Crippen LogP contribution is 2.33. The number of carbonyl (C=O) groups excluding carboxylic acids is 1. The minimum Gasteiger partial charge on any atom is -0.504 e. The molecule has 1 heterocycles. The van der Waals surface area contributed by atoms with E-state index in [9.17, 15) is 15.2 Å². The third-order valence-corrected chi connectivity index (χ3v) is 3.91. The molecular formula is C18H16BrN3O3. The van der Waals surface area contributed by atoms with E-state index in [2.05, 4.69) is 26.2 Å². The van der Waals surface area contributed by atoms with Crippen LogP contribution in [-0.2, 0) is 11.3 Å². The zero-order valence-corrected chi connectivity index (χ0v) is 15.1. The first-order chi connectivity index (χ1) is 12.0. The largest absolute Gasteiger partial charge is 0.504 e. The number of pyridine rings is 1. The van der Waals surface area contributed by atoms with Crippen molar-refractivity contribution in [2.24, 2.45) is 0 Å². The number of benzene rings is 1. The number of phenolic OH excluding ortho intramolecular Hbond substituents is 1. The molecule has 1 amide bonds. The van der Waals surface area contributed by atoms with Crippen LogP contribution in [-0.4, -0.2) is 22.6 Å². The minimum atomic E-state index is -0.496. The van der Waals surface area contributed by atoms with Gasteiger partial charge in [0.25, 0.3) is 5.91 Å². The molecule has 25 heavy (non-hydrogen) atoms. The van der Waals surface area contributed by atoms with Crippen LogP contribution >= 0.6 is 15.9 Å². The molecule has 0 bridgehead atoms. The van der Waals surface area contributed by atoms with Crippen LogP contribution in [0.5, 0.6) is 11.5 Å². The number of phenols is 1. The number of carbonyl (C=O) groups is 1. The molecule has 0 radical (unpaired) electrons. The fourth-order valence-corrected chi connectivity index (χ4v) is 2.47. The number of rotatable bonds is 6. The quantitative estimate of drug-likeness (QED) is 0.572. The van der Waals surface area contributed by atoms with E-state index in [-0.39, 0.29) is 23.6 Å². The molecule has 0 atom stereocenters. The summed E-state index contributed by atoms with van der Waals surface area (Å²) in [4.78, 5) is 16.2. The van der Waals surface area contributed by atoms with Crippen LogP contribution in [0.1, 0.15) is 18.1 Å². The lowest BCUT2D eigenvalue weighted by Gasteiger charge is -2.09. The topological polar surface area (TPSA) is 95.2 Å². The summed E-state index contributed by atoms with van der Waals surface area (Å²) in [5, 5.41) is 21.8. The Morgan fingerprint density at radius 1 is 1.52 bits per heavy atom. The maximum Gasteiger partial charge on any atom is 0.262 e. The molecule has 0 aliphatic carbocycles. The zero-order chi connectivity index (χ0) is 18.2. The summed E-state index contributed by atoms with van der Waals surface area (Å²) in [5.74, 6) is -0.236. The monoisotopic (exact) mass is 401 g/mol. The SMILES string of the molecule is CCOc1cc(/C=C(\C#N)C(=O)NCc2cccnc2)c(Br)cc1O. The summed E-state index contributed by atoms with van der Waals surface area (Å²) in [6, 6.07) is 8.51. The van der Waals surface area contributed by atoms with Crippen molar-refractivity contribution in [3.8, 4) is 17.6 Å². The van der Waals surface area contributed by atoms with Gasteiger partial charge in [-0.3, -0.25) is 9.78 Å². The van der Waals surface area contributed by atoms with Gasteiger partial charge in [0.1, 0.15) is 11.6 Å². The highest BCUT2D eigenvalue weighted by atomic mass is 79.9. The van der Waals surface area contributed by atoms with Crippen molar-refractivity contribution in [3.63, 3.8) is 0 Å². The number of nitriles is 1. The van der Waals surface area contributed by atoms with E-state index >= 15 is 0 Å². The van der Waals surface area contributed by atoms with E-state index in [4.69, 9.17) is 4.74 Å². The van der Waals surface area contributed by atoms with Gasteiger partial charge in [0.2, 0.25) is 0 Å². The molecule has 128 valence electrons. The number of aromatic nitrogens is 1. The number of amides is 1. The second-order valence-corrected chi connectivity index (χ2v) is 5.84. The Morgan fingerprint density at radius 3 is 2.96 bits per heavy atom. The van der Waals surface area contributed by atoms with Crippen LogP contribution in [0, 0.1) is 11.3 Å². The van der Waals surface area contributed by atoms with Gasteiger partial charge in [-0.25, -0.2) is 0 Å². The summed E-state index contributed by atoms with van der Waals surface area (Å²) in [5.41, 5.74) is 1.32. The summed E-state index contributed by atoms with van der Waals surface area (Å²) in [6.07, 6.45) is 4.72. The molecule has 0 spiro atoms. The molecule has 0 saturated carbocycles. The van der Waals surface area contributed by atoms with E-state index < -0.39 is 5.91 Å². The van der Waals surface area contributed by atoms with Gasteiger partial charge in [0, 0.05) is 23.4 Å². The third-order valence-electron chi connectivity index (χ3n) is 3.22. The van der Waals surface area contributed by atoms with Crippen LogP contribution in [0.3, 0.4) is 0 Å². The summed E-state index contributed by atoms with van der Waals surface area (Å²) in [6.45, 7) is 2.45. The summed E-state index contributed by atoms with van der Waals surface area (Å²) < 4.78 is 5.87. The normalized spacial score (nSPS) is 10.8. The van der Waals surface area contributed by atoms with Gasteiger partial charge >= 0.3 is 0 Å². The molecule has 0 saturated heterocycles. The molecule has 2 rings (SSSR count). The lowest BCUT2D eigenvalue weighted by Crippen LogP contribution is -2.24. The van der Waals surface area contributed by atoms with Crippen LogP contribution in [0.15, 0.2) is 46.7 Å². The Kier molecular flexibility index (Phi) is 6.54. The Balaban J connectivity index is 2.20. The highest BCUT2D eigenvalue weighted by Gasteiger charge is 2.12. The molecule has 7 heteroatoms. The third kappa shape index (κ3) is 5.06. The molecule has 1 aromatic carbocycles. The molecule has 2 N–H and O–H groups in total. The second kappa shape index (κ2) is 8.85. The fraction of sp³-hybridized carbons (Fsp3) is 0.167. The summed E-state index contributed by atoms with van der Waals surface area (Å²) >= 11 is 3.31. The van der Waals surface area contributed by atoms with Crippen molar-refractivity contribution >= 4 is 27.9 Å². The van der Waals surface area contributed by atoms with Crippen LogP contribution in [0.2, 0.25) is 0 Å². The number of nitrogens with zero attached hydrogens (tertiary/aromatic N) is 2. The predicted octanol–water partition coefficient (Wildman–Crippen LogP) is 3.17. The van der Waals surface area contributed by atoms with E-state index in [1.807, 2.05) is 12.1 Å². The number of nitrogens with one attached hydrogen (secondary N) is 1. The van der Waals surface area contributed by atoms with Crippen molar-refractivity contribution in [2.45, 2.75) is 13.5 Å².